The summed E-state index contributed by atoms with van der Waals surface area (Å²) in [6, 6.07) is 9.65. The first-order chi connectivity index (χ1) is 14.0. The molecule has 3 heterocycles. The second-order valence-electron chi connectivity index (χ2n) is 7.06. The van der Waals surface area contributed by atoms with Crippen molar-refractivity contribution in [3.8, 4) is 0 Å². The fourth-order valence-electron chi connectivity index (χ4n) is 3.73. The number of nitrogens with zero attached hydrogens (tertiary/aromatic N) is 2. The molecule has 0 unspecified atom stereocenters. The van der Waals surface area contributed by atoms with E-state index in [1.165, 1.54) is 23.5 Å². The van der Waals surface area contributed by atoms with Crippen molar-refractivity contribution >= 4 is 39.1 Å². The summed E-state index contributed by atoms with van der Waals surface area (Å²) in [4.78, 5) is 32.6. The Morgan fingerprint density at radius 3 is 2.76 bits per heavy atom. The van der Waals surface area contributed by atoms with Crippen LogP contribution in [0.25, 0.3) is 10.2 Å². The average molecular weight is 412 g/mol. The van der Waals surface area contributed by atoms with Crippen LogP contribution in [0, 0.1) is 5.82 Å². The summed E-state index contributed by atoms with van der Waals surface area (Å²) in [6.07, 6.45) is 1.96. The molecule has 0 aliphatic carbocycles. The molecule has 1 aromatic carbocycles. The van der Waals surface area contributed by atoms with E-state index in [2.05, 4.69) is 5.32 Å². The van der Waals surface area contributed by atoms with Crippen molar-refractivity contribution in [2.75, 3.05) is 19.3 Å². The monoisotopic (exact) mass is 412 g/mol. The lowest BCUT2D eigenvalue weighted by Crippen LogP contribution is -2.32. The number of carbonyl (C=O) groups is 2. The number of rotatable bonds is 4. The second-order valence-corrected chi connectivity index (χ2v) is 8.06. The minimum Gasteiger partial charge on any atom is -0.397 e. The van der Waals surface area contributed by atoms with E-state index < -0.39 is 0 Å². The number of fused-ring (bicyclic) bond motifs is 1. The Morgan fingerprint density at radius 1 is 1.28 bits per heavy atom. The molecule has 8 heteroatoms. The van der Waals surface area contributed by atoms with Gasteiger partial charge in [-0.2, -0.15) is 0 Å². The Morgan fingerprint density at radius 2 is 2.03 bits per heavy atom. The summed E-state index contributed by atoms with van der Waals surface area (Å²) in [5.41, 5.74) is 8.12. The van der Waals surface area contributed by atoms with Gasteiger partial charge < -0.3 is 16.0 Å². The smallest absolute Gasteiger partial charge is 0.263 e. The van der Waals surface area contributed by atoms with Crippen LogP contribution in [-0.4, -0.2) is 35.3 Å². The van der Waals surface area contributed by atoms with Gasteiger partial charge in [-0.05, 0) is 42.7 Å². The van der Waals surface area contributed by atoms with Gasteiger partial charge in [-0.1, -0.05) is 12.1 Å². The standard InChI is InChI=1S/C21H21FN4O2S/c1-24-20(28)19-18(23)14-8-9-15(25-21(14)29-19)16-3-2-10-26(16)17(27)11-12-4-6-13(22)7-5-12/h4-9,16H,2-3,10-11,23H2,1H3,(H,24,28)/t16-/m0/s1. The maximum atomic E-state index is 13.1. The predicted octanol–water partition coefficient (Wildman–Crippen LogP) is 3.28. The zero-order chi connectivity index (χ0) is 20.5. The number of benzene rings is 1. The molecule has 3 aromatic rings. The fourth-order valence-corrected chi connectivity index (χ4v) is 4.78. The molecule has 1 aliphatic rings. The van der Waals surface area contributed by atoms with Gasteiger partial charge in [0.2, 0.25) is 5.91 Å². The SMILES string of the molecule is CNC(=O)c1sc2nc([C@@H]3CCCN3C(=O)Cc3ccc(F)cc3)ccc2c1N. The second kappa shape index (κ2) is 7.79. The highest BCUT2D eigenvalue weighted by Gasteiger charge is 2.31. The van der Waals surface area contributed by atoms with Crippen LogP contribution in [0.2, 0.25) is 0 Å². The van der Waals surface area contributed by atoms with Crippen LogP contribution in [0.15, 0.2) is 36.4 Å². The molecule has 1 aliphatic heterocycles. The molecular weight excluding hydrogens is 391 g/mol. The first-order valence-corrected chi connectivity index (χ1v) is 10.2. The Kier molecular flexibility index (Phi) is 5.19. The summed E-state index contributed by atoms with van der Waals surface area (Å²) in [6.45, 7) is 0.667. The molecule has 0 radical (unpaired) electrons. The lowest BCUT2D eigenvalue weighted by molar-refractivity contribution is -0.131. The maximum Gasteiger partial charge on any atom is 0.263 e. The molecule has 0 saturated carbocycles. The lowest BCUT2D eigenvalue weighted by Gasteiger charge is -2.24. The number of nitrogen functional groups attached to an aromatic ring is 1. The zero-order valence-electron chi connectivity index (χ0n) is 15.9. The Bertz CT molecular complexity index is 1080. The number of halogens is 1. The van der Waals surface area contributed by atoms with E-state index in [0.29, 0.717) is 21.9 Å². The lowest BCUT2D eigenvalue weighted by atomic mass is 10.1. The molecule has 2 amide bonds. The van der Waals surface area contributed by atoms with Gasteiger partial charge in [-0.3, -0.25) is 9.59 Å². The number of carbonyl (C=O) groups excluding carboxylic acids is 2. The van der Waals surface area contributed by atoms with Gasteiger partial charge in [0.25, 0.3) is 5.91 Å². The van der Waals surface area contributed by atoms with Crippen LogP contribution in [0.4, 0.5) is 10.1 Å². The molecule has 1 fully saturated rings. The van der Waals surface area contributed by atoms with E-state index in [1.54, 1.807) is 19.2 Å². The number of pyridine rings is 1. The predicted molar refractivity (Wildman–Crippen MR) is 111 cm³/mol. The fraction of sp³-hybridized carbons (Fsp3) is 0.286. The molecule has 2 aromatic heterocycles. The van der Waals surface area contributed by atoms with E-state index in [-0.39, 0.29) is 30.1 Å². The number of aromatic nitrogens is 1. The van der Waals surface area contributed by atoms with Crippen molar-refractivity contribution in [2.45, 2.75) is 25.3 Å². The van der Waals surface area contributed by atoms with E-state index in [9.17, 15) is 14.0 Å². The highest BCUT2D eigenvalue weighted by Crippen LogP contribution is 2.36. The van der Waals surface area contributed by atoms with Crippen LogP contribution in [0.3, 0.4) is 0 Å². The van der Waals surface area contributed by atoms with E-state index >= 15 is 0 Å². The van der Waals surface area contributed by atoms with Gasteiger partial charge in [0.1, 0.15) is 15.5 Å². The van der Waals surface area contributed by atoms with E-state index in [4.69, 9.17) is 10.7 Å². The maximum absolute atomic E-state index is 13.1. The van der Waals surface area contributed by atoms with Gasteiger partial charge in [0.05, 0.1) is 23.8 Å². The van der Waals surface area contributed by atoms with Gasteiger partial charge in [0, 0.05) is 19.0 Å². The van der Waals surface area contributed by atoms with Crippen LogP contribution < -0.4 is 11.1 Å². The van der Waals surface area contributed by atoms with Gasteiger partial charge >= 0.3 is 0 Å². The number of amides is 2. The molecule has 3 N–H and O–H groups in total. The number of nitrogens with one attached hydrogen (secondary N) is 1. The summed E-state index contributed by atoms with van der Waals surface area (Å²) in [7, 11) is 1.56. The first-order valence-electron chi connectivity index (χ1n) is 9.43. The topological polar surface area (TPSA) is 88.3 Å². The Hall–Kier alpha value is -3.00. The molecule has 0 spiro atoms. The van der Waals surface area contributed by atoms with E-state index in [0.717, 1.165) is 29.5 Å². The highest BCUT2D eigenvalue weighted by molar-refractivity contribution is 7.21. The number of anilines is 1. The van der Waals surface area contributed by atoms with E-state index in [1.807, 2.05) is 17.0 Å². The Balaban J connectivity index is 1.59. The number of hydrogen-bond acceptors (Lipinski definition) is 5. The van der Waals surface area contributed by atoms with Crippen molar-refractivity contribution in [3.63, 3.8) is 0 Å². The van der Waals surface area contributed by atoms with Crippen LogP contribution >= 0.6 is 11.3 Å². The van der Waals surface area contributed by atoms with Crippen LogP contribution in [-0.2, 0) is 11.2 Å². The minimum atomic E-state index is -0.316. The zero-order valence-corrected chi connectivity index (χ0v) is 16.8. The number of likely N-dealkylation sites (tertiary alicyclic amines) is 1. The number of nitrogens with two attached hydrogens (primary N) is 1. The molecule has 1 saturated heterocycles. The van der Waals surface area contributed by atoms with Crippen molar-refractivity contribution in [1.82, 2.24) is 15.2 Å². The third-order valence-electron chi connectivity index (χ3n) is 5.23. The summed E-state index contributed by atoms with van der Waals surface area (Å²) < 4.78 is 13.1. The third kappa shape index (κ3) is 3.67. The number of hydrogen-bond donors (Lipinski definition) is 2. The molecule has 0 bridgehead atoms. The molecular formula is C21H21FN4O2S. The number of thiophene rings is 1. The summed E-state index contributed by atoms with van der Waals surface area (Å²) in [5, 5.41) is 3.34. The van der Waals surface area contributed by atoms with Crippen molar-refractivity contribution in [3.05, 3.63) is 58.3 Å². The third-order valence-corrected chi connectivity index (χ3v) is 6.35. The molecule has 150 valence electrons. The largest absolute Gasteiger partial charge is 0.397 e. The molecule has 1 atom stereocenters. The highest BCUT2D eigenvalue weighted by atomic mass is 32.1. The average Bonchev–Trinajstić information content (AvgIpc) is 3.34. The molecule has 29 heavy (non-hydrogen) atoms. The summed E-state index contributed by atoms with van der Waals surface area (Å²) >= 11 is 1.26. The van der Waals surface area contributed by atoms with Gasteiger partial charge in [-0.15, -0.1) is 11.3 Å². The van der Waals surface area contributed by atoms with Gasteiger partial charge in [0.15, 0.2) is 0 Å². The van der Waals surface area contributed by atoms with Crippen LogP contribution in [0.1, 0.15) is 39.8 Å². The molecule has 4 rings (SSSR count). The normalized spacial score (nSPS) is 16.3. The Labute approximate surface area is 171 Å². The van der Waals surface area contributed by atoms with Crippen molar-refractivity contribution in [2.24, 2.45) is 0 Å². The molecule has 6 nitrogen and oxygen atoms in total. The first kappa shape index (κ1) is 19.3. The van der Waals surface area contributed by atoms with Crippen LogP contribution in [0.5, 0.6) is 0 Å². The quantitative estimate of drug-likeness (QED) is 0.688. The van der Waals surface area contributed by atoms with Crippen molar-refractivity contribution < 1.29 is 14.0 Å². The van der Waals surface area contributed by atoms with Crippen molar-refractivity contribution in [1.29, 1.82) is 0 Å². The summed E-state index contributed by atoms with van der Waals surface area (Å²) in [5.74, 6) is -0.550. The van der Waals surface area contributed by atoms with Gasteiger partial charge in [-0.25, -0.2) is 9.37 Å². The minimum absolute atomic E-state index is 0.00208.